The molecule has 2 unspecified atom stereocenters. The molecular weight excluding hydrogens is 609 g/mol. The van der Waals surface area contributed by atoms with Gasteiger partial charge in [0.1, 0.15) is 0 Å². The van der Waals surface area contributed by atoms with Crippen molar-refractivity contribution in [2.45, 2.75) is 205 Å². The second-order valence-corrected chi connectivity index (χ2v) is 24.8. The highest BCUT2D eigenvalue weighted by Crippen LogP contribution is 2.46. The summed E-state index contributed by atoms with van der Waals surface area (Å²) in [5, 5.41) is 0. The van der Waals surface area contributed by atoms with Crippen LogP contribution in [-0.2, 0) is 27.8 Å². The van der Waals surface area contributed by atoms with Crippen LogP contribution in [0.3, 0.4) is 0 Å². The summed E-state index contributed by atoms with van der Waals surface area (Å²) in [5.74, 6) is 1.56. The van der Waals surface area contributed by atoms with E-state index in [2.05, 4.69) is 41.5 Å². The Kier molecular flexibility index (Phi) is 17.1. The first-order chi connectivity index (χ1) is 22.4. The average Bonchev–Trinajstić information content (AvgIpc) is 3.43. The molecule has 4 rings (SSSR count). The Balaban J connectivity index is 1.57. The Labute approximate surface area is 286 Å². The highest BCUT2D eigenvalue weighted by atomic mass is 28.4. The van der Waals surface area contributed by atoms with Crippen molar-refractivity contribution in [1.29, 1.82) is 0 Å². The minimum atomic E-state index is -1.79. The van der Waals surface area contributed by atoms with Crippen LogP contribution in [0.15, 0.2) is 0 Å². The van der Waals surface area contributed by atoms with E-state index in [0.29, 0.717) is 17.8 Å². The van der Waals surface area contributed by atoms with Crippen LogP contribution in [0, 0.1) is 17.8 Å². The second-order valence-electron chi connectivity index (χ2n) is 15.3. The van der Waals surface area contributed by atoms with Crippen LogP contribution < -0.4 is 0 Å². The van der Waals surface area contributed by atoms with Gasteiger partial charge in [-0.1, -0.05) is 60.8 Å². The number of rotatable bonds is 20. The summed E-state index contributed by atoms with van der Waals surface area (Å²) in [6.45, 7) is 16.7. The van der Waals surface area contributed by atoms with E-state index in [-0.39, 0.29) is 30.9 Å². The summed E-state index contributed by atoms with van der Waals surface area (Å²) in [7, 11) is -3.45. The SMILES string of the molecule is CC[Si](CC)(CC)OCC[C@@H]1[C@@H](CC[C@@H](OC2CCCCO2)C2CCCCC2)[C@H](OC2CCCCO2)C[C@@H]1O[Si](CC)(CC)CC. The van der Waals surface area contributed by atoms with Crippen molar-refractivity contribution in [1.82, 2.24) is 0 Å². The maximum absolute atomic E-state index is 7.44. The maximum atomic E-state index is 7.44. The lowest BCUT2D eigenvalue weighted by Gasteiger charge is -2.37. The Morgan fingerprint density at radius 1 is 0.609 bits per heavy atom. The molecule has 0 N–H and O–H groups in total. The lowest BCUT2D eigenvalue weighted by atomic mass is 9.80. The van der Waals surface area contributed by atoms with Gasteiger partial charge in [0, 0.05) is 19.8 Å². The number of hydrogen-bond donors (Lipinski definition) is 0. The molecule has 46 heavy (non-hydrogen) atoms. The molecule has 8 heteroatoms. The van der Waals surface area contributed by atoms with Gasteiger partial charge in [0.2, 0.25) is 0 Å². The summed E-state index contributed by atoms with van der Waals surface area (Å²) in [6.07, 6.45) is 18.4. The topological polar surface area (TPSA) is 55.4 Å². The van der Waals surface area contributed by atoms with Crippen LogP contribution in [0.5, 0.6) is 0 Å². The Morgan fingerprint density at radius 3 is 1.74 bits per heavy atom. The van der Waals surface area contributed by atoms with E-state index >= 15 is 0 Å². The lowest BCUT2D eigenvalue weighted by Crippen LogP contribution is -2.42. The van der Waals surface area contributed by atoms with Gasteiger partial charge in [-0.25, -0.2) is 0 Å². The van der Waals surface area contributed by atoms with Crippen LogP contribution in [0.1, 0.15) is 138 Å². The van der Waals surface area contributed by atoms with Crippen molar-refractivity contribution in [3.05, 3.63) is 0 Å². The van der Waals surface area contributed by atoms with Gasteiger partial charge in [-0.3, -0.25) is 0 Å². The van der Waals surface area contributed by atoms with Crippen LogP contribution >= 0.6 is 0 Å². The quantitative estimate of drug-likeness (QED) is 0.119. The summed E-state index contributed by atoms with van der Waals surface area (Å²) >= 11 is 0. The van der Waals surface area contributed by atoms with Crippen molar-refractivity contribution in [2.75, 3.05) is 19.8 Å². The van der Waals surface area contributed by atoms with Gasteiger partial charge in [-0.2, -0.15) is 0 Å². The van der Waals surface area contributed by atoms with E-state index in [0.717, 1.165) is 64.8 Å². The van der Waals surface area contributed by atoms with Gasteiger partial charge < -0.3 is 27.8 Å². The molecule has 0 aromatic heterocycles. The van der Waals surface area contributed by atoms with Gasteiger partial charge in [0.25, 0.3) is 0 Å². The normalized spacial score (nSPS) is 30.9. The van der Waals surface area contributed by atoms with Gasteiger partial charge in [0.15, 0.2) is 29.2 Å². The van der Waals surface area contributed by atoms with E-state index in [1.54, 1.807) is 0 Å². The third-order valence-electron chi connectivity index (χ3n) is 13.0. The monoisotopic (exact) mass is 683 g/mol. The van der Waals surface area contributed by atoms with Gasteiger partial charge in [-0.15, -0.1) is 0 Å². The zero-order valence-electron chi connectivity index (χ0n) is 31.0. The zero-order chi connectivity index (χ0) is 32.8. The first-order valence-corrected chi connectivity index (χ1v) is 25.4. The minimum Gasteiger partial charge on any atom is -0.417 e. The minimum absolute atomic E-state index is 0.0206. The van der Waals surface area contributed by atoms with Crippen LogP contribution in [0.4, 0.5) is 0 Å². The van der Waals surface area contributed by atoms with Crippen molar-refractivity contribution in [2.24, 2.45) is 17.8 Å². The first-order valence-electron chi connectivity index (χ1n) is 20.3. The van der Waals surface area contributed by atoms with E-state index in [1.165, 1.54) is 87.6 Å². The fourth-order valence-corrected chi connectivity index (χ4v) is 14.9. The molecule has 4 aliphatic rings. The molecule has 2 aliphatic heterocycles. The summed E-state index contributed by atoms with van der Waals surface area (Å²) in [4.78, 5) is 0. The largest absolute Gasteiger partial charge is 0.417 e. The van der Waals surface area contributed by atoms with Crippen LogP contribution in [0.25, 0.3) is 0 Å². The lowest BCUT2D eigenvalue weighted by molar-refractivity contribution is -0.207. The summed E-state index contributed by atoms with van der Waals surface area (Å²) in [6, 6.07) is 7.20. The fourth-order valence-electron chi connectivity index (χ4n) is 9.32. The van der Waals surface area contributed by atoms with Gasteiger partial charge in [0.05, 0.1) is 18.3 Å². The fraction of sp³-hybridized carbons (Fsp3) is 1.00. The highest BCUT2D eigenvalue weighted by Gasteiger charge is 2.48. The maximum Gasteiger partial charge on any atom is 0.192 e. The van der Waals surface area contributed by atoms with Crippen molar-refractivity contribution < 1.29 is 27.8 Å². The Bertz CT molecular complexity index is 788. The van der Waals surface area contributed by atoms with E-state index in [9.17, 15) is 0 Å². The molecule has 2 saturated heterocycles. The molecule has 270 valence electrons. The molecule has 2 heterocycles. The number of hydrogen-bond acceptors (Lipinski definition) is 6. The predicted octanol–water partition coefficient (Wildman–Crippen LogP) is 10.6. The van der Waals surface area contributed by atoms with Gasteiger partial charge >= 0.3 is 0 Å². The Hall–Kier alpha value is 0.194. The van der Waals surface area contributed by atoms with E-state index in [1.807, 2.05) is 0 Å². The zero-order valence-corrected chi connectivity index (χ0v) is 33.0. The van der Waals surface area contributed by atoms with Crippen LogP contribution in [-0.4, -0.2) is 67.3 Å². The first kappa shape index (κ1) is 39.0. The van der Waals surface area contributed by atoms with Crippen molar-refractivity contribution in [3.63, 3.8) is 0 Å². The molecule has 0 radical (unpaired) electrons. The molecule has 0 spiro atoms. The third kappa shape index (κ3) is 10.8. The van der Waals surface area contributed by atoms with Gasteiger partial charge in [-0.05, 0) is 131 Å². The predicted molar refractivity (Wildman–Crippen MR) is 194 cm³/mol. The highest BCUT2D eigenvalue weighted by molar-refractivity contribution is 6.74. The van der Waals surface area contributed by atoms with Crippen molar-refractivity contribution in [3.8, 4) is 0 Å². The molecule has 6 nitrogen and oxygen atoms in total. The molecule has 0 aromatic carbocycles. The smallest absolute Gasteiger partial charge is 0.192 e. The molecule has 2 aliphatic carbocycles. The third-order valence-corrected chi connectivity index (χ3v) is 22.3. The van der Waals surface area contributed by atoms with Crippen LogP contribution in [0.2, 0.25) is 36.3 Å². The molecular formula is C38H74O6Si2. The average molecular weight is 683 g/mol. The van der Waals surface area contributed by atoms with E-state index in [4.69, 9.17) is 27.8 Å². The summed E-state index contributed by atoms with van der Waals surface area (Å²) in [5.41, 5.74) is 0. The molecule has 4 fully saturated rings. The number of ether oxygens (including phenoxy) is 4. The molecule has 0 aromatic rings. The van der Waals surface area contributed by atoms with E-state index < -0.39 is 16.6 Å². The molecule has 0 amide bonds. The molecule has 2 saturated carbocycles. The Morgan fingerprint density at radius 2 is 1.17 bits per heavy atom. The molecule has 7 atom stereocenters. The standard InChI is InChI=1S/C38H74O6Si2/c1-7-45(8-2,9-3)41-29-26-33-32(24-25-34(31-20-14-13-15-21-31)42-37-22-16-18-27-39-37)35(43-38-23-17-19-28-40-38)30-36(33)44-46(10-4,11-5)12-6/h31-38H,7-30H2,1-6H3/t32-,33-,34-,35-,36+,37?,38?/m1/s1. The molecule has 0 bridgehead atoms. The van der Waals surface area contributed by atoms with Crippen molar-refractivity contribution >= 4 is 16.6 Å². The second kappa shape index (κ2) is 20.1. The summed E-state index contributed by atoms with van der Waals surface area (Å²) < 4.78 is 40.6.